The molecule has 0 amide bonds. The SMILES string of the molecule is CC1(CC/C=N/Nc2ncc(Cl)cc2C(F)(F)F)CCc2cc(OCc3ccc(F)cc3)ccc2O1. The Balaban J connectivity index is 1.29. The number of pyridine rings is 1. The number of hydrogen-bond donors (Lipinski definition) is 1. The lowest BCUT2D eigenvalue weighted by Crippen LogP contribution is -2.36. The fourth-order valence-corrected chi connectivity index (χ4v) is 4.02. The van der Waals surface area contributed by atoms with Gasteiger partial charge in [0.2, 0.25) is 0 Å². The molecule has 0 aliphatic carbocycles. The van der Waals surface area contributed by atoms with Gasteiger partial charge in [-0.15, -0.1) is 0 Å². The number of nitrogens with zero attached hydrogens (tertiary/aromatic N) is 2. The zero-order valence-electron chi connectivity index (χ0n) is 19.4. The maximum Gasteiger partial charge on any atom is 0.420 e. The lowest BCUT2D eigenvalue weighted by molar-refractivity contribution is -0.137. The van der Waals surface area contributed by atoms with Crippen LogP contribution in [0.5, 0.6) is 11.5 Å². The first-order chi connectivity index (χ1) is 17.1. The number of fused-ring (bicyclic) bond motifs is 1. The first-order valence-electron chi connectivity index (χ1n) is 11.3. The quantitative estimate of drug-likeness (QED) is 0.190. The van der Waals surface area contributed by atoms with Crippen LogP contribution in [0.1, 0.15) is 42.9 Å². The molecule has 1 aliphatic heterocycles. The molecule has 0 fully saturated rings. The number of halogens is 5. The normalized spacial score (nSPS) is 17.5. The number of benzene rings is 2. The number of alkyl halides is 3. The van der Waals surface area contributed by atoms with E-state index in [4.69, 9.17) is 21.1 Å². The fourth-order valence-electron chi connectivity index (χ4n) is 3.87. The third kappa shape index (κ3) is 6.66. The van der Waals surface area contributed by atoms with Crippen molar-refractivity contribution in [1.29, 1.82) is 0 Å². The van der Waals surface area contributed by atoms with Crippen molar-refractivity contribution in [2.75, 3.05) is 5.43 Å². The molecule has 3 aromatic rings. The summed E-state index contributed by atoms with van der Waals surface area (Å²) in [6.45, 7) is 2.33. The molecule has 1 unspecified atom stereocenters. The molecule has 4 rings (SSSR count). The van der Waals surface area contributed by atoms with Gasteiger partial charge >= 0.3 is 6.18 Å². The van der Waals surface area contributed by atoms with E-state index in [2.05, 4.69) is 15.5 Å². The molecule has 0 spiro atoms. The highest BCUT2D eigenvalue weighted by Crippen LogP contribution is 2.38. The van der Waals surface area contributed by atoms with Crippen LogP contribution in [0.15, 0.2) is 59.8 Å². The molecule has 1 aliphatic rings. The average molecular weight is 522 g/mol. The van der Waals surface area contributed by atoms with Crippen molar-refractivity contribution in [3.63, 3.8) is 0 Å². The smallest absolute Gasteiger partial charge is 0.420 e. The number of rotatable bonds is 8. The molecule has 190 valence electrons. The molecule has 5 nitrogen and oxygen atoms in total. The highest BCUT2D eigenvalue weighted by atomic mass is 35.5. The molecule has 0 saturated heterocycles. The van der Waals surface area contributed by atoms with Gasteiger partial charge < -0.3 is 9.47 Å². The Morgan fingerprint density at radius 2 is 1.97 bits per heavy atom. The van der Waals surface area contributed by atoms with E-state index in [0.29, 0.717) is 25.2 Å². The third-order valence-corrected chi connectivity index (χ3v) is 6.06. The summed E-state index contributed by atoms with van der Waals surface area (Å²) in [6, 6.07) is 12.6. The highest BCUT2D eigenvalue weighted by Gasteiger charge is 2.35. The van der Waals surface area contributed by atoms with Gasteiger partial charge in [-0.05, 0) is 80.1 Å². The molecule has 0 radical (unpaired) electrons. The monoisotopic (exact) mass is 521 g/mol. The van der Waals surface area contributed by atoms with Crippen molar-refractivity contribution in [3.05, 3.63) is 82.3 Å². The number of anilines is 1. The topological polar surface area (TPSA) is 55.7 Å². The van der Waals surface area contributed by atoms with Crippen LogP contribution in [-0.2, 0) is 19.2 Å². The second kappa shape index (κ2) is 10.7. The zero-order valence-corrected chi connectivity index (χ0v) is 20.2. The molecule has 2 heterocycles. The molecule has 36 heavy (non-hydrogen) atoms. The van der Waals surface area contributed by atoms with E-state index in [1.165, 1.54) is 18.3 Å². The van der Waals surface area contributed by atoms with Crippen molar-refractivity contribution < 1.29 is 27.0 Å². The van der Waals surface area contributed by atoms with Crippen LogP contribution in [-0.4, -0.2) is 16.8 Å². The number of ether oxygens (including phenoxy) is 2. The van der Waals surface area contributed by atoms with Crippen molar-refractivity contribution in [2.24, 2.45) is 5.10 Å². The lowest BCUT2D eigenvalue weighted by atomic mass is 9.89. The van der Waals surface area contributed by atoms with Crippen molar-refractivity contribution >= 4 is 23.6 Å². The molecule has 1 aromatic heterocycles. The van der Waals surface area contributed by atoms with Gasteiger partial charge in [0.15, 0.2) is 5.82 Å². The van der Waals surface area contributed by atoms with Gasteiger partial charge in [-0.25, -0.2) is 9.37 Å². The maximum atomic E-state index is 13.1. The van der Waals surface area contributed by atoms with Crippen LogP contribution in [0.4, 0.5) is 23.4 Å². The molecule has 1 N–H and O–H groups in total. The van der Waals surface area contributed by atoms with E-state index in [1.807, 2.05) is 25.1 Å². The van der Waals surface area contributed by atoms with Gasteiger partial charge in [-0.1, -0.05) is 23.7 Å². The van der Waals surface area contributed by atoms with E-state index < -0.39 is 23.2 Å². The summed E-state index contributed by atoms with van der Waals surface area (Å²) in [4.78, 5) is 3.68. The summed E-state index contributed by atoms with van der Waals surface area (Å²) < 4.78 is 64.6. The Labute approximate surface area is 211 Å². The fraction of sp³-hybridized carbons (Fsp3) is 0.308. The van der Waals surface area contributed by atoms with E-state index in [-0.39, 0.29) is 10.8 Å². The molecule has 2 aromatic carbocycles. The first-order valence-corrected chi connectivity index (χ1v) is 11.7. The maximum absolute atomic E-state index is 13.1. The summed E-state index contributed by atoms with van der Waals surface area (Å²) in [6.07, 6.45) is 0.707. The van der Waals surface area contributed by atoms with Crippen molar-refractivity contribution in [2.45, 2.75) is 51.0 Å². The summed E-state index contributed by atoms with van der Waals surface area (Å²) in [7, 11) is 0. The predicted octanol–water partition coefficient (Wildman–Crippen LogP) is 7.43. The lowest BCUT2D eigenvalue weighted by Gasteiger charge is -2.35. The number of aromatic nitrogens is 1. The summed E-state index contributed by atoms with van der Waals surface area (Å²) in [5.41, 5.74) is 2.84. The van der Waals surface area contributed by atoms with Crippen LogP contribution < -0.4 is 14.9 Å². The van der Waals surface area contributed by atoms with Crippen LogP contribution in [0.25, 0.3) is 0 Å². The molecule has 10 heteroatoms. The molecular formula is C26H24ClF4N3O2. The zero-order chi connectivity index (χ0) is 25.8. The Kier molecular flexibility index (Phi) is 7.68. The van der Waals surface area contributed by atoms with Crippen LogP contribution >= 0.6 is 11.6 Å². The van der Waals surface area contributed by atoms with Crippen molar-refractivity contribution in [3.8, 4) is 11.5 Å². The number of hydrazone groups is 1. The standard InChI is InChI=1S/C26H24ClF4N3O2/c1-25(10-2-12-33-34-24-22(26(29,30)31)14-19(27)15-32-24)11-9-18-13-21(7-8-23(18)36-25)35-16-17-3-5-20(28)6-4-17/h3-8,12-15H,2,9-11,16H2,1H3,(H,32,34)/b33-12+. The van der Waals surface area contributed by atoms with E-state index in [0.717, 1.165) is 42.0 Å². The minimum Gasteiger partial charge on any atom is -0.489 e. The average Bonchev–Trinajstić information content (AvgIpc) is 2.83. The molecule has 0 saturated carbocycles. The van der Waals surface area contributed by atoms with E-state index >= 15 is 0 Å². The van der Waals surface area contributed by atoms with Gasteiger partial charge in [0.1, 0.15) is 35.1 Å². The minimum atomic E-state index is -4.60. The largest absolute Gasteiger partial charge is 0.489 e. The summed E-state index contributed by atoms with van der Waals surface area (Å²) in [5.74, 6) is 0.782. The van der Waals surface area contributed by atoms with Gasteiger partial charge in [0.05, 0.1) is 5.02 Å². The van der Waals surface area contributed by atoms with Crippen LogP contribution in [0.2, 0.25) is 5.02 Å². The Morgan fingerprint density at radius 1 is 1.19 bits per heavy atom. The Hall–Kier alpha value is -3.33. The summed E-state index contributed by atoms with van der Waals surface area (Å²) >= 11 is 5.64. The summed E-state index contributed by atoms with van der Waals surface area (Å²) in [5, 5.41) is 3.79. The second-order valence-electron chi connectivity index (χ2n) is 8.75. The molecule has 1 atom stereocenters. The number of aryl methyl sites for hydroxylation is 1. The molecule has 0 bridgehead atoms. The van der Waals surface area contributed by atoms with Crippen LogP contribution in [0, 0.1) is 5.82 Å². The van der Waals surface area contributed by atoms with Crippen molar-refractivity contribution in [1.82, 2.24) is 4.98 Å². The third-order valence-electron chi connectivity index (χ3n) is 5.85. The van der Waals surface area contributed by atoms with E-state index in [1.54, 1.807) is 12.1 Å². The Bertz CT molecular complexity index is 1230. The molecular weight excluding hydrogens is 498 g/mol. The predicted molar refractivity (Wildman–Crippen MR) is 130 cm³/mol. The van der Waals surface area contributed by atoms with Gasteiger partial charge in [0.25, 0.3) is 0 Å². The second-order valence-corrected chi connectivity index (χ2v) is 9.18. The highest BCUT2D eigenvalue weighted by molar-refractivity contribution is 6.30. The van der Waals surface area contributed by atoms with E-state index in [9.17, 15) is 17.6 Å². The van der Waals surface area contributed by atoms with Gasteiger partial charge in [-0.3, -0.25) is 5.43 Å². The minimum absolute atomic E-state index is 0.105. The Morgan fingerprint density at radius 3 is 2.72 bits per heavy atom. The number of hydrogen-bond acceptors (Lipinski definition) is 5. The van der Waals surface area contributed by atoms with Crippen LogP contribution in [0.3, 0.4) is 0 Å². The number of nitrogens with one attached hydrogen (secondary N) is 1. The first kappa shape index (κ1) is 25.8. The van der Waals surface area contributed by atoms with Gasteiger partial charge in [-0.2, -0.15) is 18.3 Å². The van der Waals surface area contributed by atoms with Gasteiger partial charge in [0, 0.05) is 12.4 Å².